The maximum absolute atomic E-state index is 4.85. The highest BCUT2D eigenvalue weighted by Gasteiger charge is 2.23. The molecule has 1 N–H and O–H groups in total. The summed E-state index contributed by atoms with van der Waals surface area (Å²) in [6.07, 6.45) is 4.78. The van der Waals surface area contributed by atoms with Crippen LogP contribution in [0.25, 0.3) is 0 Å². The van der Waals surface area contributed by atoms with Gasteiger partial charge >= 0.3 is 0 Å². The third-order valence-electron chi connectivity index (χ3n) is 4.13. The number of amidine groups is 1. The van der Waals surface area contributed by atoms with Gasteiger partial charge in [-0.1, -0.05) is 49.9 Å². The molecule has 1 aromatic rings. The van der Waals surface area contributed by atoms with Crippen LogP contribution in [0.1, 0.15) is 37.8 Å². The van der Waals surface area contributed by atoms with E-state index in [0.29, 0.717) is 12.1 Å². The molecule has 0 saturated carbocycles. The van der Waals surface area contributed by atoms with Gasteiger partial charge in [0.1, 0.15) is 0 Å². The minimum absolute atomic E-state index is 0.526. The van der Waals surface area contributed by atoms with E-state index in [1.165, 1.54) is 35.6 Å². The summed E-state index contributed by atoms with van der Waals surface area (Å²) in [5.74, 6) is 1.90. The van der Waals surface area contributed by atoms with Gasteiger partial charge in [-0.2, -0.15) is 0 Å². The Kier molecular flexibility index (Phi) is 4.35. The number of aliphatic imine (C=N–C) groups is 1. The first kappa shape index (κ1) is 14.0. The van der Waals surface area contributed by atoms with Crippen molar-refractivity contribution in [3.05, 3.63) is 35.4 Å². The normalized spacial score (nSPS) is 25.4. The molecule has 2 unspecified atom stereocenters. The van der Waals surface area contributed by atoms with Gasteiger partial charge in [0, 0.05) is 11.8 Å². The highest BCUT2D eigenvalue weighted by Crippen LogP contribution is 2.25. The topological polar surface area (TPSA) is 24.4 Å². The number of hydrogen-bond donors (Lipinski definition) is 1. The molecule has 0 amide bonds. The summed E-state index contributed by atoms with van der Waals surface area (Å²) in [5, 5.41) is 4.86. The van der Waals surface area contributed by atoms with Crippen LogP contribution in [0.4, 0.5) is 0 Å². The van der Waals surface area contributed by atoms with Crippen molar-refractivity contribution in [1.29, 1.82) is 0 Å². The van der Waals surface area contributed by atoms with E-state index in [0.717, 1.165) is 18.1 Å². The summed E-state index contributed by atoms with van der Waals surface area (Å²) in [6, 6.07) is 9.94. The Labute approximate surface area is 126 Å². The first-order valence-corrected chi connectivity index (χ1v) is 8.73. The maximum atomic E-state index is 4.85. The molecule has 1 aliphatic carbocycles. The molecule has 20 heavy (non-hydrogen) atoms. The quantitative estimate of drug-likeness (QED) is 0.918. The Morgan fingerprint density at radius 3 is 2.90 bits per heavy atom. The van der Waals surface area contributed by atoms with Gasteiger partial charge in [0.2, 0.25) is 0 Å². The third-order valence-corrected chi connectivity index (χ3v) is 5.18. The standard InChI is InChI=1S/C17H24N2S/c1-12(2)9-16-11-20-17(19-16)18-15-8-7-13-5-3-4-6-14(13)10-15/h3-6,12,15-16H,7-11H2,1-2H3,(H,18,19). The molecule has 0 radical (unpaired) electrons. The fourth-order valence-electron chi connectivity index (χ4n) is 3.15. The van der Waals surface area contributed by atoms with Crippen LogP contribution >= 0.6 is 11.8 Å². The third kappa shape index (κ3) is 3.38. The van der Waals surface area contributed by atoms with Crippen LogP contribution in [0.5, 0.6) is 0 Å². The number of hydrogen-bond acceptors (Lipinski definition) is 3. The van der Waals surface area contributed by atoms with Crippen LogP contribution in [0.2, 0.25) is 0 Å². The summed E-state index contributed by atoms with van der Waals surface area (Å²) in [4.78, 5) is 4.85. The van der Waals surface area contributed by atoms with Gasteiger partial charge in [-0.05, 0) is 42.7 Å². The number of benzene rings is 1. The number of thioether (sulfide) groups is 1. The van der Waals surface area contributed by atoms with Crippen molar-refractivity contribution < 1.29 is 0 Å². The van der Waals surface area contributed by atoms with Crippen molar-refractivity contribution in [3.63, 3.8) is 0 Å². The van der Waals surface area contributed by atoms with Crippen LogP contribution < -0.4 is 5.32 Å². The summed E-state index contributed by atoms with van der Waals surface area (Å²) in [5.41, 5.74) is 3.04. The molecule has 2 nitrogen and oxygen atoms in total. The zero-order valence-electron chi connectivity index (χ0n) is 12.4. The van der Waals surface area contributed by atoms with E-state index in [1.807, 2.05) is 11.8 Å². The van der Waals surface area contributed by atoms with Crippen molar-refractivity contribution in [2.24, 2.45) is 10.9 Å². The van der Waals surface area contributed by atoms with Gasteiger partial charge < -0.3 is 5.32 Å². The number of aryl methyl sites for hydroxylation is 1. The van der Waals surface area contributed by atoms with Crippen LogP contribution in [-0.4, -0.2) is 23.0 Å². The molecule has 0 saturated heterocycles. The van der Waals surface area contributed by atoms with Crippen molar-refractivity contribution in [3.8, 4) is 0 Å². The Morgan fingerprint density at radius 1 is 1.30 bits per heavy atom. The van der Waals surface area contributed by atoms with Gasteiger partial charge in [0.05, 0.1) is 6.04 Å². The highest BCUT2D eigenvalue weighted by molar-refractivity contribution is 8.14. The Balaban J connectivity index is 1.58. The van der Waals surface area contributed by atoms with Gasteiger partial charge in [-0.25, -0.2) is 0 Å². The summed E-state index contributed by atoms with van der Waals surface area (Å²) in [6.45, 7) is 4.56. The van der Waals surface area contributed by atoms with Crippen LogP contribution in [0, 0.1) is 5.92 Å². The second-order valence-electron chi connectivity index (χ2n) is 6.38. The molecule has 0 spiro atoms. The molecule has 2 atom stereocenters. The minimum Gasteiger partial charge on any atom is -0.362 e. The zero-order chi connectivity index (χ0) is 13.9. The van der Waals surface area contributed by atoms with E-state index >= 15 is 0 Å². The molecule has 0 aromatic heterocycles. The molecule has 1 aromatic carbocycles. The number of fused-ring (bicyclic) bond motifs is 1. The first-order chi connectivity index (χ1) is 9.70. The lowest BCUT2D eigenvalue weighted by atomic mass is 9.88. The molecular weight excluding hydrogens is 264 g/mol. The van der Waals surface area contributed by atoms with Gasteiger partial charge in [-0.15, -0.1) is 0 Å². The highest BCUT2D eigenvalue weighted by atomic mass is 32.2. The van der Waals surface area contributed by atoms with Gasteiger partial charge in [-0.3, -0.25) is 4.99 Å². The largest absolute Gasteiger partial charge is 0.362 e. The smallest absolute Gasteiger partial charge is 0.157 e. The molecule has 3 rings (SSSR count). The van der Waals surface area contributed by atoms with Gasteiger partial charge in [0.15, 0.2) is 5.17 Å². The molecule has 1 heterocycles. The van der Waals surface area contributed by atoms with E-state index in [1.54, 1.807) is 0 Å². The predicted molar refractivity (Wildman–Crippen MR) is 88.5 cm³/mol. The summed E-state index contributed by atoms with van der Waals surface area (Å²) in [7, 11) is 0. The Morgan fingerprint density at radius 2 is 2.10 bits per heavy atom. The second kappa shape index (κ2) is 6.21. The molecule has 1 aliphatic heterocycles. The SMILES string of the molecule is CC(C)CC1CSC(NC2CCc3ccccc3C2)=N1. The fourth-order valence-corrected chi connectivity index (χ4v) is 4.19. The average molecular weight is 288 g/mol. The lowest BCUT2D eigenvalue weighted by Crippen LogP contribution is -2.37. The van der Waals surface area contributed by atoms with E-state index in [2.05, 4.69) is 43.4 Å². The van der Waals surface area contributed by atoms with Crippen LogP contribution in [-0.2, 0) is 12.8 Å². The lowest BCUT2D eigenvalue weighted by Gasteiger charge is -2.25. The van der Waals surface area contributed by atoms with Crippen molar-refractivity contribution in [2.45, 2.75) is 51.6 Å². The number of nitrogens with zero attached hydrogens (tertiary/aromatic N) is 1. The number of rotatable bonds is 3. The monoisotopic (exact) mass is 288 g/mol. The van der Waals surface area contributed by atoms with E-state index < -0.39 is 0 Å². The molecule has 108 valence electrons. The second-order valence-corrected chi connectivity index (χ2v) is 7.39. The predicted octanol–water partition coefficient (Wildman–Crippen LogP) is 3.65. The molecule has 0 fully saturated rings. The Bertz CT molecular complexity index is 496. The van der Waals surface area contributed by atoms with Gasteiger partial charge in [0.25, 0.3) is 0 Å². The lowest BCUT2D eigenvalue weighted by molar-refractivity contribution is 0.518. The number of nitrogens with one attached hydrogen (secondary N) is 1. The molecule has 2 aliphatic rings. The van der Waals surface area contributed by atoms with Crippen molar-refractivity contribution in [1.82, 2.24) is 5.32 Å². The van der Waals surface area contributed by atoms with E-state index in [9.17, 15) is 0 Å². The average Bonchev–Trinajstić information content (AvgIpc) is 2.85. The van der Waals surface area contributed by atoms with Crippen LogP contribution in [0.15, 0.2) is 29.3 Å². The molecular formula is C17H24N2S. The molecule has 3 heteroatoms. The van der Waals surface area contributed by atoms with Crippen molar-refractivity contribution >= 4 is 16.9 Å². The fraction of sp³-hybridized carbons (Fsp3) is 0.588. The minimum atomic E-state index is 0.526. The summed E-state index contributed by atoms with van der Waals surface area (Å²) < 4.78 is 0. The van der Waals surface area contributed by atoms with E-state index in [4.69, 9.17) is 4.99 Å². The summed E-state index contributed by atoms with van der Waals surface area (Å²) >= 11 is 1.91. The first-order valence-electron chi connectivity index (χ1n) is 7.74. The zero-order valence-corrected chi connectivity index (χ0v) is 13.2. The Hall–Kier alpha value is -0.960. The maximum Gasteiger partial charge on any atom is 0.157 e. The van der Waals surface area contributed by atoms with Crippen molar-refractivity contribution in [2.75, 3.05) is 5.75 Å². The molecule has 0 bridgehead atoms. The van der Waals surface area contributed by atoms with E-state index in [-0.39, 0.29) is 0 Å². The van der Waals surface area contributed by atoms with Crippen LogP contribution in [0.3, 0.4) is 0 Å².